The van der Waals surface area contributed by atoms with Gasteiger partial charge in [-0.05, 0) is 61.2 Å². The number of hydrogen-bond acceptors (Lipinski definition) is 6. The van der Waals surface area contributed by atoms with E-state index in [9.17, 15) is 4.79 Å². The van der Waals surface area contributed by atoms with Crippen LogP contribution in [-0.4, -0.2) is 33.1 Å². The summed E-state index contributed by atoms with van der Waals surface area (Å²) in [6, 6.07) is 11.1. The Morgan fingerprint density at radius 2 is 2.03 bits per heavy atom. The largest absolute Gasteiger partial charge is 0.495 e. The molecule has 2 aromatic carbocycles. The van der Waals surface area contributed by atoms with Gasteiger partial charge in [0.15, 0.2) is 5.82 Å². The fourth-order valence-corrected chi connectivity index (χ4v) is 5.01. The zero-order valence-corrected chi connectivity index (χ0v) is 20.0. The minimum atomic E-state index is -0.479. The Hall–Kier alpha value is -2.71. The Bertz CT molecular complexity index is 1150. The monoisotopic (exact) mass is 471 g/mol. The van der Waals surface area contributed by atoms with Crippen molar-refractivity contribution in [2.24, 2.45) is 0 Å². The molecule has 0 aliphatic carbocycles. The van der Waals surface area contributed by atoms with Crippen molar-refractivity contribution in [2.45, 2.75) is 50.1 Å². The van der Waals surface area contributed by atoms with Crippen molar-refractivity contribution < 1.29 is 9.53 Å². The first-order chi connectivity index (χ1) is 15.4. The number of thioether (sulfide) groups is 1. The first-order valence-electron chi connectivity index (χ1n) is 10.5. The molecule has 4 rings (SSSR count). The molecule has 0 unspecified atom stereocenters. The molecule has 9 heteroatoms. The summed E-state index contributed by atoms with van der Waals surface area (Å²) in [4.78, 5) is 13.4. The lowest BCUT2D eigenvalue weighted by Crippen LogP contribution is -2.41. The average molecular weight is 472 g/mol. The van der Waals surface area contributed by atoms with Crippen LogP contribution < -0.4 is 15.5 Å². The van der Waals surface area contributed by atoms with Gasteiger partial charge in [-0.25, -0.2) is 4.68 Å². The molecule has 0 fully saturated rings. The van der Waals surface area contributed by atoms with Crippen LogP contribution in [0.15, 0.2) is 41.6 Å². The molecule has 0 spiro atoms. The molecule has 1 amide bonds. The average Bonchev–Trinajstić information content (AvgIpc) is 3.17. The molecule has 0 radical (unpaired) electrons. The summed E-state index contributed by atoms with van der Waals surface area (Å²) in [5.41, 5.74) is 7.41. The third kappa shape index (κ3) is 4.42. The van der Waals surface area contributed by atoms with Gasteiger partial charge in [0.1, 0.15) is 11.0 Å². The van der Waals surface area contributed by atoms with Crippen LogP contribution in [0.25, 0.3) is 0 Å². The van der Waals surface area contributed by atoms with Gasteiger partial charge < -0.3 is 15.5 Å². The quantitative estimate of drug-likeness (QED) is 0.531. The van der Waals surface area contributed by atoms with Crippen LogP contribution >= 0.6 is 23.4 Å². The third-order valence-electron chi connectivity index (χ3n) is 5.55. The van der Waals surface area contributed by atoms with E-state index in [0.29, 0.717) is 15.9 Å². The SMILES string of the molecule is CCCc1nnc2n1N[C@H](c1ccc(OC)c(Cl)c1)[C@@H](C(=O)Nc1ccc(C)c(C)c1)S2. The molecule has 2 heterocycles. The van der Waals surface area contributed by atoms with Crippen molar-refractivity contribution in [3.05, 3.63) is 63.9 Å². The van der Waals surface area contributed by atoms with Gasteiger partial charge in [0, 0.05) is 12.1 Å². The number of rotatable bonds is 6. The van der Waals surface area contributed by atoms with Crippen molar-refractivity contribution >= 4 is 35.0 Å². The summed E-state index contributed by atoms with van der Waals surface area (Å²) in [6.45, 7) is 6.17. The van der Waals surface area contributed by atoms with E-state index in [4.69, 9.17) is 16.3 Å². The number of hydrogen-bond donors (Lipinski definition) is 2. The Kier molecular flexibility index (Phi) is 6.62. The van der Waals surface area contributed by atoms with E-state index in [-0.39, 0.29) is 11.9 Å². The number of ether oxygens (including phenoxy) is 1. The number of methoxy groups -OCH3 is 1. The molecule has 7 nitrogen and oxygen atoms in total. The zero-order chi connectivity index (χ0) is 22.8. The number of aryl methyl sites for hydroxylation is 3. The Balaban J connectivity index is 1.68. The Morgan fingerprint density at radius 1 is 1.22 bits per heavy atom. The Labute approximate surface area is 196 Å². The van der Waals surface area contributed by atoms with Gasteiger partial charge in [-0.1, -0.05) is 42.4 Å². The van der Waals surface area contributed by atoms with Gasteiger partial charge in [-0.2, -0.15) is 0 Å². The second kappa shape index (κ2) is 9.42. The summed E-state index contributed by atoms with van der Waals surface area (Å²) in [7, 11) is 1.58. The molecule has 1 aliphatic heterocycles. The van der Waals surface area contributed by atoms with E-state index in [1.165, 1.54) is 17.3 Å². The smallest absolute Gasteiger partial charge is 0.240 e. The maximum absolute atomic E-state index is 13.4. The standard InChI is InChI=1S/C23H26ClN5O2S/c1-5-6-19-26-27-23-29(19)28-20(15-8-10-18(31-4)17(24)12-15)21(32-23)22(30)25-16-9-7-13(2)14(3)11-16/h7-12,20-21,28H,5-6H2,1-4H3,(H,25,30)/t20-,21+/m1/s1. The summed E-state index contributed by atoms with van der Waals surface area (Å²) in [6.07, 6.45) is 1.73. The number of nitrogens with zero attached hydrogens (tertiary/aromatic N) is 3. The number of anilines is 1. The number of carbonyl (C=O) groups excluding carboxylic acids is 1. The lowest BCUT2D eigenvalue weighted by molar-refractivity contribution is -0.116. The molecule has 168 valence electrons. The van der Waals surface area contributed by atoms with Gasteiger partial charge in [0.05, 0.1) is 18.2 Å². The fraction of sp³-hybridized carbons (Fsp3) is 0.348. The molecule has 0 bridgehead atoms. The van der Waals surface area contributed by atoms with Gasteiger partial charge in [-0.15, -0.1) is 10.2 Å². The van der Waals surface area contributed by atoms with Crippen LogP contribution in [0.2, 0.25) is 5.02 Å². The van der Waals surface area contributed by atoms with Crippen LogP contribution in [0.3, 0.4) is 0 Å². The summed E-state index contributed by atoms with van der Waals surface area (Å²) in [5.74, 6) is 1.31. The number of benzene rings is 2. The van der Waals surface area contributed by atoms with Gasteiger partial charge in [-0.3, -0.25) is 4.79 Å². The first kappa shape index (κ1) is 22.5. The molecular weight excluding hydrogens is 446 g/mol. The number of carbonyl (C=O) groups is 1. The molecule has 1 aromatic heterocycles. The van der Waals surface area contributed by atoms with E-state index >= 15 is 0 Å². The van der Waals surface area contributed by atoms with Crippen LogP contribution in [0.4, 0.5) is 5.69 Å². The molecule has 0 saturated carbocycles. The minimum absolute atomic E-state index is 0.117. The van der Waals surface area contributed by atoms with Gasteiger partial charge >= 0.3 is 0 Å². The highest BCUT2D eigenvalue weighted by Gasteiger charge is 2.38. The fourth-order valence-electron chi connectivity index (χ4n) is 3.64. The highest BCUT2D eigenvalue weighted by Crippen LogP contribution is 2.39. The van der Waals surface area contributed by atoms with E-state index in [2.05, 4.69) is 27.9 Å². The molecule has 2 atom stereocenters. The van der Waals surface area contributed by atoms with Crippen LogP contribution in [0.5, 0.6) is 5.75 Å². The second-order valence-corrected chi connectivity index (χ2v) is 9.33. The van der Waals surface area contributed by atoms with E-state index < -0.39 is 5.25 Å². The summed E-state index contributed by atoms with van der Waals surface area (Å²) in [5, 5.41) is 12.4. The number of halogens is 1. The highest BCUT2D eigenvalue weighted by atomic mass is 35.5. The number of aromatic nitrogens is 3. The van der Waals surface area contributed by atoms with Crippen molar-refractivity contribution in [2.75, 3.05) is 17.9 Å². The third-order valence-corrected chi connectivity index (χ3v) is 7.06. The zero-order valence-electron chi connectivity index (χ0n) is 18.5. The Morgan fingerprint density at radius 3 is 2.72 bits per heavy atom. The van der Waals surface area contributed by atoms with Crippen LogP contribution in [-0.2, 0) is 11.2 Å². The summed E-state index contributed by atoms with van der Waals surface area (Å²) >= 11 is 7.80. The maximum Gasteiger partial charge on any atom is 0.240 e. The normalized spacial score (nSPS) is 17.4. The lowest BCUT2D eigenvalue weighted by Gasteiger charge is -2.33. The molecule has 2 N–H and O–H groups in total. The van der Waals surface area contributed by atoms with Gasteiger partial charge in [0.2, 0.25) is 11.1 Å². The van der Waals surface area contributed by atoms with Gasteiger partial charge in [0.25, 0.3) is 0 Å². The molecule has 3 aromatic rings. The van der Waals surface area contributed by atoms with E-state index in [0.717, 1.165) is 35.5 Å². The van der Waals surface area contributed by atoms with Crippen molar-refractivity contribution in [1.82, 2.24) is 14.9 Å². The molecule has 1 aliphatic rings. The molecular formula is C23H26ClN5O2S. The number of amides is 1. The lowest BCUT2D eigenvalue weighted by atomic mass is 10.0. The van der Waals surface area contributed by atoms with E-state index in [1.807, 2.05) is 54.9 Å². The van der Waals surface area contributed by atoms with E-state index in [1.54, 1.807) is 7.11 Å². The maximum atomic E-state index is 13.4. The predicted molar refractivity (Wildman–Crippen MR) is 128 cm³/mol. The predicted octanol–water partition coefficient (Wildman–Crippen LogP) is 4.91. The highest BCUT2D eigenvalue weighted by molar-refractivity contribution is 8.00. The van der Waals surface area contributed by atoms with Crippen molar-refractivity contribution in [1.29, 1.82) is 0 Å². The molecule has 32 heavy (non-hydrogen) atoms. The topological polar surface area (TPSA) is 81.1 Å². The van der Waals surface area contributed by atoms with Crippen LogP contribution in [0.1, 0.15) is 41.9 Å². The minimum Gasteiger partial charge on any atom is -0.495 e. The van der Waals surface area contributed by atoms with Crippen molar-refractivity contribution in [3.63, 3.8) is 0 Å². The second-order valence-electron chi connectivity index (χ2n) is 7.81. The van der Waals surface area contributed by atoms with Crippen molar-refractivity contribution in [3.8, 4) is 5.75 Å². The van der Waals surface area contributed by atoms with Crippen LogP contribution in [0, 0.1) is 13.8 Å². The first-order valence-corrected chi connectivity index (χ1v) is 11.8. The number of nitrogens with one attached hydrogen (secondary N) is 2. The number of fused-ring (bicyclic) bond motifs is 1. The molecule has 0 saturated heterocycles. The summed E-state index contributed by atoms with van der Waals surface area (Å²) < 4.78 is 7.18.